The van der Waals surface area contributed by atoms with E-state index in [1.165, 1.54) is 0 Å². The zero-order chi connectivity index (χ0) is 13.8. The highest BCUT2D eigenvalue weighted by atomic mass is 35.5. The van der Waals surface area contributed by atoms with Crippen LogP contribution in [-0.4, -0.2) is 26.8 Å². The van der Waals surface area contributed by atoms with Crippen LogP contribution in [0.4, 0.5) is 5.69 Å². The normalized spacial score (nSPS) is 10.3. The highest BCUT2D eigenvalue weighted by molar-refractivity contribution is 7.80. The summed E-state index contributed by atoms with van der Waals surface area (Å²) in [5.41, 5.74) is 1.98. The van der Waals surface area contributed by atoms with Gasteiger partial charge in [0, 0.05) is 31.0 Å². The average molecular weight is 295 g/mol. The SMILES string of the molecule is CN(Cc1ccnn1C)C(=S)Nc1cccc(Cl)c1. The van der Waals surface area contributed by atoms with Gasteiger partial charge in [-0.3, -0.25) is 4.68 Å². The highest BCUT2D eigenvalue weighted by Gasteiger charge is 2.08. The maximum atomic E-state index is 5.94. The van der Waals surface area contributed by atoms with E-state index in [-0.39, 0.29) is 0 Å². The van der Waals surface area contributed by atoms with Gasteiger partial charge in [-0.15, -0.1) is 0 Å². The Morgan fingerprint density at radius 2 is 2.26 bits per heavy atom. The monoisotopic (exact) mass is 294 g/mol. The Labute approximate surface area is 123 Å². The predicted octanol–water partition coefficient (Wildman–Crippen LogP) is 2.90. The summed E-state index contributed by atoms with van der Waals surface area (Å²) in [7, 11) is 3.85. The van der Waals surface area contributed by atoms with Crippen molar-refractivity contribution >= 4 is 34.6 Å². The molecule has 6 heteroatoms. The Morgan fingerprint density at radius 1 is 1.47 bits per heavy atom. The zero-order valence-corrected chi connectivity index (χ0v) is 12.4. The first-order valence-corrected chi connectivity index (χ1v) is 6.59. The summed E-state index contributed by atoms with van der Waals surface area (Å²) in [6.45, 7) is 0.697. The van der Waals surface area contributed by atoms with Crippen molar-refractivity contribution in [2.45, 2.75) is 6.54 Å². The van der Waals surface area contributed by atoms with Crippen LogP contribution in [0.25, 0.3) is 0 Å². The summed E-state index contributed by atoms with van der Waals surface area (Å²) in [6.07, 6.45) is 1.77. The molecule has 0 atom stereocenters. The first kappa shape index (κ1) is 13.8. The predicted molar refractivity (Wildman–Crippen MR) is 82.3 cm³/mol. The first-order valence-electron chi connectivity index (χ1n) is 5.81. The molecule has 0 aliphatic carbocycles. The van der Waals surface area contributed by atoms with Gasteiger partial charge in [0.15, 0.2) is 5.11 Å². The van der Waals surface area contributed by atoms with Crippen LogP contribution in [0.15, 0.2) is 36.5 Å². The Morgan fingerprint density at radius 3 is 2.89 bits per heavy atom. The summed E-state index contributed by atoms with van der Waals surface area (Å²) >= 11 is 11.3. The van der Waals surface area contributed by atoms with Gasteiger partial charge < -0.3 is 10.2 Å². The maximum absolute atomic E-state index is 5.94. The van der Waals surface area contributed by atoms with Gasteiger partial charge in [0.2, 0.25) is 0 Å². The van der Waals surface area contributed by atoms with Crippen LogP contribution in [0.2, 0.25) is 5.02 Å². The second kappa shape index (κ2) is 6.04. The standard InChI is InChI=1S/C13H15ClN4S/c1-17(9-12-6-7-15-18(12)2)13(19)16-11-5-3-4-10(14)8-11/h3-8H,9H2,1-2H3,(H,16,19). The molecular weight excluding hydrogens is 280 g/mol. The molecule has 0 aliphatic heterocycles. The fraction of sp³-hybridized carbons (Fsp3) is 0.231. The number of hydrogen-bond donors (Lipinski definition) is 1. The molecule has 2 rings (SSSR count). The molecule has 2 aromatic rings. The number of anilines is 1. The van der Waals surface area contributed by atoms with Crippen LogP contribution < -0.4 is 5.32 Å². The number of aromatic nitrogens is 2. The lowest BCUT2D eigenvalue weighted by molar-refractivity contribution is 0.482. The van der Waals surface area contributed by atoms with E-state index in [0.29, 0.717) is 16.7 Å². The number of benzene rings is 1. The third-order valence-corrected chi connectivity index (χ3v) is 3.39. The number of hydrogen-bond acceptors (Lipinski definition) is 2. The van der Waals surface area contributed by atoms with Gasteiger partial charge in [0.1, 0.15) is 0 Å². The molecule has 100 valence electrons. The van der Waals surface area contributed by atoms with E-state index >= 15 is 0 Å². The fourth-order valence-corrected chi connectivity index (χ4v) is 2.03. The topological polar surface area (TPSA) is 33.1 Å². The molecule has 0 unspecified atom stereocenters. The van der Waals surface area contributed by atoms with Gasteiger partial charge in [-0.05, 0) is 36.5 Å². The first-order chi connectivity index (χ1) is 9.06. The lowest BCUT2D eigenvalue weighted by Crippen LogP contribution is -2.31. The van der Waals surface area contributed by atoms with Crippen molar-refractivity contribution in [1.82, 2.24) is 14.7 Å². The van der Waals surface area contributed by atoms with E-state index < -0.39 is 0 Å². The van der Waals surface area contributed by atoms with E-state index in [2.05, 4.69) is 10.4 Å². The number of aryl methyl sites for hydroxylation is 1. The number of nitrogens with one attached hydrogen (secondary N) is 1. The molecule has 4 nitrogen and oxygen atoms in total. The largest absolute Gasteiger partial charge is 0.346 e. The Hall–Kier alpha value is -1.59. The van der Waals surface area contributed by atoms with Crippen LogP contribution in [-0.2, 0) is 13.6 Å². The maximum Gasteiger partial charge on any atom is 0.173 e. The van der Waals surface area contributed by atoms with E-state index in [4.69, 9.17) is 23.8 Å². The molecule has 0 amide bonds. The van der Waals surface area contributed by atoms with Crippen molar-refractivity contribution in [3.8, 4) is 0 Å². The number of halogens is 1. The third-order valence-electron chi connectivity index (χ3n) is 2.74. The molecule has 0 aliphatic rings. The van der Waals surface area contributed by atoms with E-state index in [0.717, 1.165) is 11.4 Å². The molecule has 0 radical (unpaired) electrons. The second-order valence-electron chi connectivity index (χ2n) is 4.24. The van der Waals surface area contributed by atoms with Crippen LogP contribution in [0.5, 0.6) is 0 Å². The molecule has 0 spiro atoms. The molecule has 0 saturated heterocycles. The quantitative estimate of drug-likeness (QED) is 0.883. The van der Waals surface area contributed by atoms with E-state index in [1.54, 1.807) is 6.20 Å². The summed E-state index contributed by atoms with van der Waals surface area (Å²) in [6, 6.07) is 9.45. The van der Waals surface area contributed by atoms with Gasteiger partial charge in [-0.25, -0.2) is 0 Å². The zero-order valence-electron chi connectivity index (χ0n) is 10.8. The van der Waals surface area contributed by atoms with Crippen LogP contribution in [0.1, 0.15) is 5.69 Å². The van der Waals surface area contributed by atoms with Crippen molar-refractivity contribution in [2.75, 3.05) is 12.4 Å². The lowest BCUT2D eigenvalue weighted by atomic mass is 10.3. The number of nitrogens with zero attached hydrogens (tertiary/aromatic N) is 3. The average Bonchev–Trinajstić information content (AvgIpc) is 2.75. The van der Waals surface area contributed by atoms with Gasteiger partial charge >= 0.3 is 0 Å². The summed E-state index contributed by atoms with van der Waals surface area (Å²) in [5.74, 6) is 0. The highest BCUT2D eigenvalue weighted by Crippen LogP contribution is 2.15. The molecule has 0 bridgehead atoms. The van der Waals surface area contributed by atoms with Crippen LogP contribution >= 0.6 is 23.8 Å². The summed E-state index contributed by atoms with van der Waals surface area (Å²) in [5, 5.41) is 8.62. The van der Waals surface area contributed by atoms with Gasteiger partial charge in [-0.2, -0.15) is 5.10 Å². The van der Waals surface area contributed by atoms with Gasteiger partial charge in [0.05, 0.1) is 12.2 Å². The van der Waals surface area contributed by atoms with E-state index in [9.17, 15) is 0 Å². The minimum Gasteiger partial charge on any atom is -0.346 e. The molecule has 1 heterocycles. The number of thiocarbonyl (C=S) groups is 1. The van der Waals surface area contributed by atoms with Gasteiger partial charge in [-0.1, -0.05) is 17.7 Å². The molecular formula is C13H15ClN4S. The van der Waals surface area contributed by atoms with E-state index in [1.807, 2.05) is 54.0 Å². The van der Waals surface area contributed by atoms with Crippen molar-refractivity contribution in [3.05, 3.63) is 47.2 Å². The summed E-state index contributed by atoms with van der Waals surface area (Å²) in [4.78, 5) is 1.95. The van der Waals surface area contributed by atoms with Crippen molar-refractivity contribution in [3.63, 3.8) is 0 Å². The van der Waals surface area contributed by atoms with Gasteiger partial charge in [0.25, 0.3) is 0 Å². The molecule has 0 fully saturated rings. The molecule has 1 aromatic carbocycles. The third kappa shape index (κ3) is 3.68. The minimum absolute atomic E-state index is 0.642. The fourth-order valence-electron chi connectivity index (χ4n) is 1.66. The summed E-state index contributed by atoms with van der Waals surface area (Å²) < 4.78 is 1.83. The Bertz CT molecular complexity index is 582. The Balaban J connectivity index is 1.98. The number of rotatable bonds is 3. The molecule has 0 saturated carbocycles. The smallest absolute Gasteiger partial charge is 0.173 e. The van der Waals surface area contributed by atoms with Crippen molar-refractivity contribution < 1.29 is 0 Å². The molecule has 1 N–H and O–H groups in total. The van der Waals surface area contributed by atoms with Crippen molar-refractivity contribution in [2.24, 2.45) is 7.05 Å². The Kier molecular flexibility index (Phi) is 4.39. The minimum atomic E-state index is 0.642. The van der Waals surface area contributed by atoms with Crippen LogP contribution in [0, 0.1) is 0 Å². The van der Waals surface area contributed by atoms with Crippen LogP contribution in [0.3, 0.4) is 0 Å². The second-order valence-corrected chi connectivity index (χ2v) is 5.07. The molecule has 19 heavy (non-hydrogen) atoms. The molecule has 1 aromatic heterocycles. The lowest BCUT2D eigenvalue weighted by Gasteiger charge is -2.21. The van der Waals surface area contributed by atoms with Crippen molar-refractivity contribution in [1.29, 1.82) is 0 Å².